The van der Waals surface area contributed by atoms with Gasteiger partial charge in [0.25, 0.3) is 0 Å². The van der Waals surface area contributed by atoms with Gasteiger partial charge in [0.05, 0.1) is 5.69 Å². The van der Waals surface area contributed by atoms with Crippen molar-refractivity contribution in [3.05, 3.63) is 50.9 Å². The van der Waals surface area contributed by atoms with Crippen LogP contribution in [0.2, 0.25) is 5.02 Å². The second-order valence-corrected chi connectivity index (χ2v) is 5.14. The minimum Gasteiger partial charge on any atom is -0.292 e. The zero-order chi connectivity index (χ0) is 15.1. The molecule has 5 nitrogen and oxygen atoms in total. The van der Waals surface area contributed by atoms with Gasteiger partial charge >= 0.3 is 5.69 Å². The highest BCUT2D eigenvalue weighted by Crippen LogP contribution is 2.23. The summed E-state index contributed by atoms with van der Waals surface area (Å²) < 4.78 is 16.2. The SMILES string of the molecule is N#Cc1c2n(c(=O)n1-c1ccc(Cl)cc1F)CCCC2=O. The molecule has 1 aliphatic heterocycles. The van der Waals surface area contributed by atoms with Crippen molar-refractivity contribution >= 4 is 17.4 Å². The Morgan fingerprint density at radius 2 is 2.10 bits per heavy atom. The number of carbonyl (C=O) groups excluding carboxylic acids is 1. The molecular formula is C14H9ClFN3O2. The molecule has 1 aliphatic rings. The van der Waals surface area contributed by atoms with E-state index in [1.165, 1.54) is 16.7 Å². The van der Waals surface area contributed by atoms with E-state index in [-0.39, 0.29) is 34.3 Å². The lowest BCUT2D eigenvalue weighted by molar-refractivity contribution is 0.0954. The molecule has 0 spiro atoms. The molecule has 0 unspecified atom stereocenters. The number of rotatable bonds is 1. The van der Waals surface area contributed by atoms with Gasteiger partial charge in [0.15, 0.2) is 11.5 Å². The molecule has 106 valence electrons. The maximum Gasteiger partial charge on any atom is 0.334 e. The van der Waals surface area contributed by atoms with Crippen molar-refractivity contribution in [2.75, 3.05) is 0 Å². The van der Waals surface area contributed by atoms with Gasteiger partial charge in [-0.1, -0.05) is 11.6 Å². The summed E-state index contributed by atoms with van der Waals surface area (Å²) >= 11 is 5.69. The molecule has 2 heterocycles. The molecule has 2 aromatic rings. The molecule has 0 fully saturated rings. The molecule has 3 rings (SSSR count). The predicted molar refractivity (Wildman–Crippen MR) is 73.3 cm³/mol. The average molecular weight is 306 g/mol. The number of nitrogens with zero attached hydrogens (tertiary/aromatic N) is 3. The van der Waals surface area contributed by atoms with Gasteiger partial charge in [-0.2, -0.15) is 5.26 Å². The van der Waals surface area contributed by atoms with E-state index in [0.717, 1.165) is 10.6 Å². The third kappa shape index (κ3) is 1.98. The van der Waals surface area contributed by atoms with Crippen molar-refractivity contribution in [3.63, 3.8) is 0 Å². The van der Waals surface area contributed by atoms with Crippen molar-refractivity contribution in [2.24, 2.45) is 0 Å². The first-order chi connectivity index (χ1) is 10.0. The number of halogens is 2. The monoisotopic (exact) mass is 305 g/mol. The Bertz CT molecular complexity index is 860. The molecule has 7 heteroatoms. The van der Waals surface area contributed by atoms with Gasteiger partial charge in [-0.3, -0.25) is 9.36 Å². The number of hydrogen-bond donors (Lipinski definition) is 0. The standard InChI is InChI=1S/C14H9ClFN3O2/c15-8-3-4-10(9(16)6-8)19-11(7-17)13-12(20)2-1-5-18(13)14(19)21/h3-4,6H,1-2,5H2. The van der Waals surface area contributed by atoms with Gasteiger partial charge < -0.3 is 0 Å². The second kappa shape index (κ2) is 4.86. The van der Waals surface area contributed by atoms with Crippen LogP contribution in [0.25, 0.3) is 5.69 Å². The number of carbonyl (C=O) groups is 1. The molecular weight excluding hydrogens is 297 g/mol. The van der Waals surface area contributed by atoms with E-state index in [0.29, 0.717) is 13.0 Å². The van der Waals surface area contributed by atoms with Crippen LogP contribution in [0, 0.1) is 17.1 Å². The van der Waals surface area contributed by atoms with E-state index < -0.39 is 11.5 Å². The van der Waals surface area contributed by atoms with Gasteiger partial charge in [-0.15, -0.1) is 0 Å². The lowest BCUT2D eigenvalue weighted by Crippen LogP contribution is -2.28. The molecule has 0 radical (unpaired) electrons. The molecule has 0 saturated carbocycles. The predicted octanol–water partition coefficient (Wildman–Crippen LogP) is 2.28. The van der Waals surface area contributed by atoms with Gasteiger partial charge in [-0.05, 0) is 24.6 Å². The fourth-order valence-corrected chi connectivity index (χ4v) is 2.70. The summed E-state index contributed by atoms with van der Waals surface area (Å²) in [6.45, 7) is 0.344. The first-order valence-corrected chi connectivity index (χ1v) is 6.66. The lowest BCUT2D eigenvalue weighted by atomic mass is 10.1. The van der Waals surface area contributed by atoms with Crippen LogP contribution in [0.1, 0.15) is 29.0 Å². The molecule has 0 aliphatic carbocycles. The maximum atomic E-state index is 14.0. The molecule has 0 amide bonds. The van der Waals surface area contributed by atoms with E-state index >= 15 is 0 Å². The third-order valence-electron chi connectivity index (χ3n) is 3.45. The fourth-order valence-electron chi connectivity index (χ4n) is 2.54. The van der Waals surface area contributed by atoms with Crippen LogP contribution >= 0.6 is 11.6 Å². The minimum absolute atomic E-state index is 0.0584. The number of benzene rings is 1. The maximum absolute atomic E-state index is 14.0. The molecule has 1 aromatic heterocycles. The van der Waals surface area contributed by atoms with Crippen LogP contribution in [-0.4, -0.2) is 14.9 Å². The van der Waals surface area contributed by atoms with Crippen molar-refractivity contribution < 1.29 is 9.18 Å². The summed E-state index contributed by atoms with van der Waals surface area (Å²) in [6, 6.07) is 5.63. The fraction of sp³-hybridized carbons (Fsp3) is 0.214. The molecule has 0 bridgehead atoms. The normalized spacial score (nSPS) is 13.9. The number of hydrogen-bond acceptors (Lipinski definition) is 3. The highest BCUT2D eigenvalue weighted by atomic mass is 35.5. The average Bonchev–Trinajstić information content (AvgIpc) is 2.73. The zero-order valence-electron chi connectivity index (χ0n) is 10.8. The second-order valence-electron chi connectivity index (χ2n) is 4.70. The van der Waals surface area contributed by atoms with Crippen molar-refractivity contribution in [1.82, 2.24) is 9.13 Å². The van der Waals surface area contributed by atoms with Crippen molar-refractivity contribution in [1.29, 1.82) is 5.26 Å². The quantitative estimate of drug-likeness (QED) is 0.811. The van der Waals surface area contributed by atoms with E-state index in [2.05, 4.69) is 0 Å². The highest BCUT2D eigenvalue weighted by Gasteiger charge is 2.29. The Labute approximate surface area is 123 Å². The van der Waals surface area contributed by atoms with Crippen LogP contribution in [-0.2, 0) is 6.54 Å². The first-order valence-electron chi connectivity index (χ1n) is 6.29. The largest absolute Gasteiger partial charge is 0.334 e. The summed E-state index contributed by atoms with van der Waals surface area (Å²) in [5, 5.41) is 9.47. The van der Waals surface area contributed by atoms with Gasteiger partial charge in [0.1, 0.15) is 17.6 Å². The Morgan fingerprint density at radius 3 is 2.76 bits per heavy atom. The number of nitriles is 1. The number of ketones is 1. The number of imidazole rings is 1. The Hall–Kier alpha value is -2.39. The van der Waals surface area contributed by atoms with Gasteiger partial charge in [-0.25, -0.2) is 13.8 Å². The topological polar surface area (TPSA) is 67.8 Å². The molecule has 21 heavy (non-hydrogen) atoms. The van der Waals surface area contributed by atoms with Crippen molar-refractivity contribution in [3.8, 4) is 11.8 Å². The van der Waals surface area contributed by atoms with E-state index in [9.17, 15) is 19.2 Å². The molecule has 0 saturated heterocycles. The zero-order valence-corrected chi connectivity index (χ0v) is 11.5. The smallest absolute Gasteiger partial charge is 0.292 e. The third-order valence-corrected chi connectivity index (χ3v) is 3.68. The number of aromatic nitrogens is 2. The summed E-state index contributed by atoms with van der Waals surface area (Å²) in [5.74, 6) is -1.00. The van der Waals surface area contributed by atoms with Crippen molar-refractivity contribution in [2.45, 2.75) is 19.4 Å². The Morgan fingerprint density at radius 1 is 1.33 bits per heavy atom. The van der Waals surface area contributed by atoms with Crippen LogP contribution in [0.4, 0.5) is 4.39 Å². The lowest BCUT2D eigenvalue weighted by Gasteiger charge is -2.11. The summed E-state index contributed by atoms with van der Waals surface area (Å²) in [6.07, 6.45) is 0.810. The molecule has 0 atom stereocenters. The van der Waals surface area contributed by atoms with E-state index in [1.807, 2.05) is 6.07 Å². The van der Waals surface area contributed by atoms with Crippen LogP contribution in [0.3, 0.4) is 0 Å². The minimum atomic E-state index is -0.725. The van der Waals surface area contributed by atoms with E-state index in [4.69, 9.17) is 11.6 Å². The Balaban J connectivity index is 2.37. The molecule has 0 N–H and O–H groups in total. The first kappa shape index (κ1) is 13.6. The van der Waals surface area contributed by atoms with Crippen LogP contribution in [0.5, 0.6) is 0 Å². The summed E-state index contributed by atoms with van der Waals surface area (Å²) in [4.78, 5) is 24.4. The summed E-state index contributed by atoms with van der Waals surface area (Å²) in [7, 11) is 0. The molecule has 1 aromatic carbocycles. The summed E-state index contributed by atoms with van der Waals surface area (Å²) in [5.41, 5.74) is -0.750. The highest BCUT2D eigenvalue weighted by molar-refractivity contribution is 6.30. The number of fused-ring (bicyclic) bond motifs is 1. The number of Topliss-reactive ketones (excluding diaryl/α,β-unsaturated/α-hetero) is 1. The van der Waals surface area contributed by atoms with Gasteiger partial charge in [0, 0.05) is 18.0 Å². The Kier molecular flexibility index (Phi) is 3.15. The van der Waals surface area contributed by atoms with Crippen LogP contribution < -0.4 is 5.69 Å². The van der Waals surface area contributed by atoms with E-state index in [1.54, 1.807) is 0 Å². The van der Waals surface area contributed by atoms with Crippen LogP contribution in [0.15, 0.2) is 23.0 Å². The van der Waals surface area contributed by atoms with Gasteiger partial charge in [0.2, 0.25) is 0 Å².